The van der Waals surface area contributed by atoms with E-state index < -0.39 is 10.0 Å². The van der Waals surface area contributed by atoms with Crippen molar-refractivity contribution in [3.8, 4) is 0 Å². The van der Waals surface area contributed by atoms with Gasteiger partial charge in [-0.25, -0.2) is 12.7 Å². The lowest BCUT2D eigenvalue weighted by Gasteiger charge is -2.31. The highest BCUT2D eigenvalue weighted by Gasteiger charge is 2.25. The molecule has 0 bridgehead atoms. The van der Waals surface area contributed by atoms with Gasteiger partial charge in [-0.2, -0.15) is 5.10 Å². The molecular formula is C14H26N4O2S. The fraction of sp³-hybridized carbons (Fsp3) is 0.786. The van der Waals surface area contributed by atoms with Gasteiger partial charge in [0.1, 0.15) is 0 Å². The van der Waals surface area contributed by atoms with Crippen LogP contribution in [0, 0.1) is 19.8 Å². The van der Waals surface area contributed by atoms with Crippen molar-refractivity contribution < 1.29 is 8.42 Å². The fourth-order valence-corrected chi connectivity index (χ4v) is 3.91. The average Bonchev–Trinajstić information content (AvgIpc) is 2.64. The zero-order valence-electron chi connectivity index (χ0n) is 13.4. The van der Waals surface area contributed by atoms with Crippen LogP contribution in [0.5, 0.6) is 0 Å². The van der Waals surface area contributed by atoms with Crippen LogP contribution in [0.4, 0.5) is 0 Å². The third-order valence-electron chi connectivity index (χ3n) is 4.34. The number of nitrogens with one attached hydrogen (secondary N) is 1. The molecule has 0 radical (unpaired) electrons. The van der Waals surface area contributed by atoms with Gasteiger partial charge in [-0.15, -0.1) is 0 Å². The molecule has 0 aliphatic carbocycles. The maximum absolute atomic E-state index is 11.6. The van der Waals surface area contributed by atoms with Crippen molar-refractivity contribution in [1.82, 2.24) is 19.4 Å². The van der Waals surface area contributed by atoms with Crippen LogP contribution in [-0.4, -0.2) is 48.4 Å². The number of nitrogens with zero attached hydrogens (tertiary/aromatic N) is 3. The summed E-state index contributed by atoms with van der Waals surface area (Å²) in [5, 5.41) is 7.87. The van der Waals surface area contributed by atoms with E-state index in [9.17, 15) is 8.42 Å². The molecule has 1 N–H and O–H groups in total. The second-order valence-corrected chi connectivity index (χ2v) is 8.02. The zero-order valence-corrected chi connectivity index (χ0v) is 14.2. The molecule has 1 fully saturated rings. The Morgan fingerprint density at radius 1 is 1.38 bits per heavy atom. The van der Waals surface area contributed by atoms with Crippen LogP contribution in [0.3, 0.4) is 0 Å². The summed E-state index contributed by atoms with van der Waals surface area (Å²) in [6.45, 7) is 7.03. The van der Waals surface area contributed by atoms with E-state index in [0.29, 0.717) is 19.0 Å². The summed E-state index contributed by atoms with van der Waals surface area (Å²) in [6.07, 6.45) is 3.33. The quantitative estimate of drug-likeness (QED) is 0.873. The summed E-state index contributed by atoms with van der Waals surface area (Å²) < 4.78 is 26.7. The van der Waals surface area contributed by atoms with Crippen molar-refractivity contribution in [3.05, 3.63) is 17.0 Å². The topological polar surface area (TPSA) is 67.2 Å². The van der Waals surface area contributed by atoms with E-state index in [1.165, 1.54) is 17.5 Å². The number of rotatable bonds is 5. The SMILES string of the molecule is Cc1nn(C)c(C)c1CNCC1CCCN(S(C)(=O)=O)C1. The van der Waals surface area contributed by atoms with E-state index in [1.807, 2.05) is 18.7 Å². The van der Waals surface area contributed by atoms with Crippen molar-refractivity contribution in [2.45, 2.75) is 33.2 Å². The van der Waals surface area contributed by atoms with Gasteiger partial charge in [0, 0.05) is 37.9 Å². The van der Waals surface area contributed by atoms with Crippen LogP contribution in [0.15, 0.2) is 0 Å². The molecule has 2 rings (SSSR count). The molecule has 1 aliphatic heterocycles. The Hall–Kier alpha value is -0.920. The van der Waals surface area contributed by atoms with Crippen molar-refractivity contribution in [3.63, 3.8) is 0 Å². The van der Waals surface area contributed by atoms with E-state index in [4.69, 9.17) is 0 Å². The van der Waals surface area contributed by atoms with E-state index in [2.05, 4.69) is 17.3 Å². The maximum Gasteiger partial charge on any atom is 0.211 e. The monoisotopic (exact) mass is 314 g/mol. The van der Waals surface area contributed by atoms with Gasteiger partial charge in [-0.1, -0.05) is 0 Å². The summed E-state index contributed by atoms with van der Waals surface area (Å²) in [5.74, 6) is 0.394. The molecular weight excluding hydrogens is 288 g/mol. The van der Waals surface area contributed by atoms with E-state index in [-0.39, 0.29) is 0 Å². The second-order valence-electron chi connectivity index (χ2n) is 6.03. The van der Waals surface area contributed by atoms with Crippen LogP contribution in [0.1, 0.15) is 29.8 Å². The van der Waals surface area contributed by atoms with Crippen LogP contribution < -0.4 is 5.32 Å². The molecule has 1 aliphatic rings. The molecule has 1 unspecified atom stereocenters. The normalized spacial score (nSPS) is 20.9. The van der Waals surface area contributed by atoms with Crippen LogP contribution in [0.2, 0.25) is 0 Å². The van der Waals surface area contributed by atoms with Gasteiger partial charge >= 0.3 is 0 Å². The summed E-state index contributed by atoms with van der Waals surface area (Å²) in [5.41, 5.74) is 3.48. The van der Waals surface area contributed by atoms with E-state index in [0.717, 1.165) is 31.6 Å². The summed E-state index contributed by atoms with van der Waals surface area (Å²) in [4.78, 5) is 0. The Morgan fingerprint density at radius 2 is 2.10 bits per heavy atom. The highest BCUT2D eigenvalue weighted by atomic mass is 32.2. The highest BCUT2D eigenvalue weighted by Crippen LogP contribution is 2.18. The Labute approximate surface area is 127 Å². The smallest absolute Gasteiger partial charge is 0.211 e. The van der Waals surface area contributed by atoms with Gasteiger partial charge in [0.2, 0.25) is 10.0 Å². The van der Waals surface area contributed by atoms with Crippen LogP contribution in [-0.2, 0) is 23.6 Å². The Kier molecular flexibility index (Phi) is 5.06. The predicted octanol–water partition coefficient (Wildman–Crippen LogP) is 0.798. The molecule has 6 nitrogen and oxygen atoms in total. The van der Waals surface area contributed by atoms with Crippen LogP contribution >= 0.6 is 0 Å². The molecule has 120 valence electrons. The van der Waals surface area contributed by atoms with Crippen molar-refractivity contribution >= 4 is 10.0 Å². The Bertz CT molecular complexity index is 594. The average molecular weight is 314 g/mol. The molecule has 0 aromatic carbocycles. The van der Waals surface area contributed by atoms with Gasteiger partial charge in [-0.05, 0) is 39.2 Å². The first-order chi connectivity index (χ1) is 9.79. The fourth-order valence-electron chi connectivity index (χ4n) is 2.97. The minimum absolute atomic E-state index is 0.394. The highest BCUT2D eigenvalue weighted by molar-refractivity contribution is 7.88. The predicted molar refractivity (Wildman–Crippen MR) is 83.5 cm³/mol. The molecule has 1 saturated heterocycles. The van der Waals surface area contributed by atoms with Gasteiger partial charge in [0.15, 0.2) is 0 Å². The minimum atomic E-state index is -3.05. The summed E-state index contributed by atoms with van der Waals surface area (Å²) >= 11 is 0. The number of aromatic nitrogens is 2. The molecule has 21 heavy (non-hydrogen) atoms. The molecule has 7 heteroatoms. The molecule has 1 atom stereocenters. The van der Waals surface area contributed by atoms with Crippen LogP contribution in [0.25, 0.3) is 0 Å². The third-order valence-corrected chi connectivity index (χ3v) is 5.61. The van der Waals surface area contributed by atoms with Crippen molar-refractivity contribution in [1.29, 1.82) is 0 Å². The standard InChI is InChI=1S/C14H26N4O2S/c1-11-14(12(2)17(3)16-11)9-15-8-13-6-5-7-18(10-13)21(4,19)20/h13,15H,5-10H2,1-4H3. The van der Waals surface area contributed by atoms with Crippen molar-refractivity contribution in [2.75, 3.05) is 25.9 Å². The number of hydrogen-bond donors (Lipinski definition) is 1. The summed E-state index contributed by atoms with van der Waals surface area (Å²) in [6, 6.07) is 0. The van der Waals surface area contributed by atoms with E-state index in [1.54, 1.807) is 4.31 Å². The van der Waals surface area contributed by atoms with Gasteiger partial charge in [0.05, 0.1) is 11.9 Å². The molecule has 2 heterocycles. The first-order valence-corrected chi connectivity index (χ1v) is 9.28. The van der Waals surface area contributed by atoms with Gasteiger partial charge in [-0.3, -0.25) is 4.68 Å². The lowest BCUT2D eigenvalue weighted by molar-refractivity contribution is 0.261. The number of sulfonamides is 1. The largest absolute Gasteiger partial charge is 0.312 e. The first kappa shape index (κ1) is 16.5. The van der Waals surface area contributed by atoms with Gasteiger partial charge in [0.25, 0.3) is 0 Å². The first-order valence-electron chi connectivity index (χ1n) is 7.44. The third kappa shape index (κ3) is 4.05. The lowest BCUT2D eigenvalue weighted by Crippen LogP contribution is -2.42. The number of piperidine rings is 1. The molecule has 1 aromatic rings. The Balaban J connectivity index is 1.86. The molecule has 1 aromatic heterocycles. The minimum Gasteiger partial charge on any atom is -0.312 e. The maximum atomic E-state index is 11.6. The number of aryl methyl sites for hydroxylation is 2. The lowest BCUT2D eigenvalue weighted by atomic mass is 9.99. The van der Waals surface area contributed by atoms with Crippen molar-refractivity contribution in [2.24, 2.45) is 13.0 Å². The second kappa shape index (κ2) is 6.46. The molecule has 0 amide bonds. The van der Waals surface area contributed by atoms with Gasteiger partial charge < -0.3 is 5.32 Å². The zero-order chi connectivity index (χ0) is 15.6. The number of hydrogen-bond acceptors (Lipinski definition) is 4. The molecule has 0 saturated carbocycles. The Morgan fingerprint density at radius 3 is 2.67 bits per heavy atom. The summed E-state index contributed by atoms with van der Waals surface area (Å²) in [7, 11) is -1.10. The van der Waals surface area contributed by atoms with E-state index >= 15 is 0 Å². The molecule has 0 spiro atoms.